The van der Waals surface area contributed by atoms with Crippen molar-refractivity contribution >= 4 is 10.0 Å². The minimum atomic E-state index is -3.07. The number of aromatic nitrogens is 2. The number of aryl methyl sites for hydroxylation is 1. The Labute approximate surface area is 102 Å². The average molecular weight is 255 g/mol. The number of hydrogen-bond donors (Lipinski definition) is 0. The molecule has 6 heteroatoms. The minimum Gasteiger partial charge on any atom is -0.241 e. The van der Waals surface area contributed by atoms with E-state index in [1.165, 1.54) is 0 Å². The van der Waals surface area contributed by atoms with E-state index in [1.54, 1.807) is 17.4 Å². The van der Waals surface area contributed by atoms with E-state index < -0.39 is 10.0 Å². The second kappa shape index (κ2) is 4.70. The Bertz CT molecular complexity index is 501. The third-order valence-electron chi connectivity index (χ3n) is 3.09. The molecule has 17 heavy (non-hydrogen) atoms. The standard InChI is InChI=1S/C11H17N3O2S/c1-3-17(15,16)14-7-5-10(8-14)11-12-6-4-9(2)13-11/h4,6,10H,3,5,7-8H2,1-2H3/t10-/m0/s1. The molecule has 94 valence electrons. The predicted octanol–water partition coefficient (Wildman–Crippen LogP) is 0.924. The third-order valence-corrected chi connectivity index (χ3v) is 4.94. The molecule has 2 heterocycles. The lowest BCUT2D eigenvalue weighted by Crippen LogP contribution is -2.30. The van der Waals surface area contributed by atoms with Gasteiger partial charge in [0.1, 0.15) is 5.82 Å². The fraction of sp³-hybridized carbons (Fsp3) is 0.636. The zero-order valence-corrected chi connectivity index (χ0v) is 10.9. The van der Waals surface area contributed by atoms with Gasteiger partial charge in [0.15, 0.2) is 0 Å². The van der Waals surface area contributed by atoms with Gasteiger partial charge in [0.25, 0.3) is 0 Å². The van der Waals surface area contributed by atoms with E-state index in [0.29, 0.717) is 13.1 Å². The third kappa shape index (κ3) is 2.63. The first kappa shape index (κ1) is 12.4. The molecule has 0 bridgehead atoms. The average Bonchev–Trinajstić information content (AvgIpc) is 2.79. The zero-order chi connectivity index (χ0) is 12.5. The highest BCUT2D eigenvalue weighted by Gasteiger charge is 2.32. The van der Waals surface area contributed by atoms with E-state index in [9.17, 15) is 8.42 Å². The van der Waals surface area contributed by atoms with Gasteiger partial charge in [-0.15, -0.1) is 0 Å². The molecule has 1 atom stereocenters. The van der Waals surface area contributed by atoms with Gasteiger partial charge in [0.2, 0.25) is 10.0 Å². The van der Waals surface area contributed by atoms with Gasteiger partial charge in [-0.25, -0.2) is 22.7 Å². The Kier molecular flexibility index (Phi) is 3.44. The summed E-state index contributed by atoms with van der Waals surface area (Å²) in [5, 5.41) is 0. The molecular formula is C11H17N3O2S. The molecule has 0 spiro atoms. The molecule has 0 radical (unpaired) electrons. The lowest BCUT2D eigenvalue weighted by Gasteiger charge is -2.14. The molecule has 0 N–H and O–H groups in total. The fourth-order valence-corrected chi connectivity index (χ4v) is 3.20. The highest BCUT2D eigenvalue weighted by atomic mass is 32.2. The van der Waals surface area contributed by atoms with Gasteiger partial charge < -0.3 is 0 Å². The van der Waals surface area contributed by atoms with Crippen molar-refractivity contribution in [1.29, 1.82) is 0 Å². The van der Waals surface area contributed by atoms with Crippen molar-refractivity contribution in [2.75, 3.05) is 18.8 Å². The quantitative estimate of drug-likeness (QED) is 0.806. The molecule has 1 fully saturated rings. The molecule has 0 amide bonds. The van der Waals surface area contributed by atoms with Crippen LogP contribution in [0.3, 0.4) is 0 Å². The highest BCUT2D eigenvalue weighted by molar-refractivity contribution is 7.89. The van der Waals surface area contributed by atoms with E-state index in [0.717, 1.165) is 17.9 Å². The summed E-state index contributed by atoms with van der Waals surface area (Å²) in [5.74, 6) is 1.06. The van der Waals surface area contributed by atoms with Crippen molar-refractivity contribution in [3.8, 4) is 0 Å². The molecule has 5 nitrogen and oxygen atoms in total. The second-order valence-corrected chi connectivity index (χ2v) is 6.56. The van der Waals surface area contributed by atoms with Gasteiger partial charge >= 0.3 is 0 Å². The molecule has 1 aliphatic heterocycles. The number of nitrogens with zero attached hydrogens (tertiary/aromatic N) is 3. The van der Waals surface area contributed by atoms with Crippen LogP contribution in [-0.2, 0) is 10.0 Å². The second-order valence-electron chi connectivity index (χ2n) is 4.30. The van der Waals surface area contributed by atoms with Crippen LogP contribution in [0.25, 0.3) is 0 Å². The molecule has 0 aromatic carbocycles. The first-order valence-corrected chi connectivity index (χ1v) is 7.41. The van der Waals surface area contributed by atoms with Crippen LogP contribution < -0.4 is 0 Å². The molecule has 1 aromatic rings. The van der Waals surface area contributed by atoms with Crippen LogP contribution in [0.1, 0.15) is 30.8 Å². The maximum atomic E-state index is 11.7. The largest absolute Gasteiger partial charge is 0.241 e. The molecule has 1 saturated heterocycles. The molecule has 2 rings (SSSR count). The summed E-state index contributed by atoms with van der Waals surface area (Å²) < 4.78 is 25.0. The Morgan fingerprint density at radius 1 is 1.53 bits per heavy atom. The first-order chi connectivity index (χ1) is 8.03. The van der Waals surface area contributed by atoms with Gasteiger partial charge in [0, 0.05) is 30.9 Å². The van der Waals surface area contributed by atoms with Crippen molar-refractivity contribution in [3.05, 3.63) is 23.8 Å². The Morgan fingerprint density at radius 3 is 2.94 bits per heavy atom. The van der Waals surface area contributed by atoms with E-state index in [2.05, 4.69) is 9.97 Å². The van der Waals surface area contributed by atoms with Gasteiger partial charge in [-0.05, 0) is 26.3 Å². The number of hydrogen-bond acceptors (Lipinski definition) is 4. The van der Waals surface area contributed by atoms with Crippen molar-refractivity contribution in [3.63, 3.8) is 0 Å². The predicted molar refractivity (Wildman–Crippen MR) is 65.2 cm³/mol. The summed E-state index contributed by atoms with van der Waals surface area (Å²) >= 11 is 0. The van der Waals surface area contributed by atoms with Crippen LogP contribution in [0.15, 0.2) is 12.3 Å². The lowest BCUT2D eigenvalue weighted by atomic mass is 10.1. The Balaban J connectivity index is 2.13. The van der Waals surface area contributed by atoms with Crippen LogP contribution in [0, 0.1) is 6.92 Å². The van der Waals surface area contributed by atoms with Crippen LogP contribution in [0.5, 0.6) is 0 Å². The van der Waals surface area contributed by atoms with E-state index >= 15 is 0 Å². The zero-order valence-electron chi connectivity index (χ0n) is 10.1. The summed E-state index contributed by atoms with van der Waals surface area (Å²) in [7, 11) is -3.07. The lowest BCUT2D eigenvalue weighted by molar-refractivity contribution is 0.472. The minimum absolute atomic E-state index is 0.135. The monoisotopic (exact) mass is 255 g/mol. The summed E-state index contributed by atoms with van der Waals surface area (Å²) in [5.41, 5.74) is 0.923. The van der Waals surface area contributed by atoms with Crippen LogP contribution in [-0.4, -0.2) is 41.5 Å². The molecule has 1 aromatic heterocycles. The van der Waals surface area contributed by atoms with Crippen LogP contribution >= 0.6 is 0 Å². The molecule has 1 aliphatic rings. The summed E-state index contributed by atoms with van der Waals surface area (Å²) in [6.07, 6.45) is 2.54. The highest BCUT2D eigenvalue weighted by Crippen LogP contribution is 2.26. The Morgan fingerprint density at radius 2 is 2.29 bits per heavy atom. The van der Waals surface area contributed by atoms with Crippen molar-refractivity contribution in [1.82, 2.24) is 14.3 Å². The van der Waals surface area contributed by atoms with Crippen LogP contribution in [0.4, 0.5) is 0 Å². The molecular weight excluding hydrogens is 238 g/mol. The molecule has 0 saturated carbocycles. The maximum absolute atomic E-state index is 11.7. The van der Waals surface area contributed by atoms with E-state index in [-0.39, 0.29) is 11.7 Å². The summed E-state index contributed by atoms with van der Waals surface area (Å²) in [6, 6.07) is 1.85. The van der Waals surface area contributed by atoms with Gasteiger partial charge in [-0.3, -0.25) is 0 Å². The number of rotatable bonds is 3. The number of sulfonamides is 1. The first-order valence-electron chi connectivity index (χ1n) is 5.80. The van der Waals surface area contributed by atoms with E-state index in [4.69, 9.17) is 0 Å². The van der Waals surface area contributed by atoms with E-state index in [1.807, 2.05) is 13.0 Å². The maximum Gasteiger partial charge on any atom is 0.213 e. The van der Waals surface area contributed by atoms with Crippen molar-refractivity contribution < 1.29 is 8.42 Å². The SMILES string of the molecule is CCS(=O)(=O)N1CC[C@H](c2nccc(C)n2)C1. The normalized spacial score (nSPS) is 21.9. The van der Waals surface area contributed by atoms with Gasteiger partial charge in [-0.1, -0.05) is 0 Å². The topological polar surface area (TPSA) is 63.2 Å². The van der Waals surface area contributed by atoms with Crippen molar-refractivity contribution in [2.24, 2.45) is 0 Å². The summed E-state index contributed by atoms with van der Waals surface area (Å²) in [6.45, 7) is 4.68. The van der Waals surface area contributed by atoms with Gasteiger partial charge in [-0.2, -0.15) is 0 Å². The summed E-state index contributed by atoms with van der Waals surface area (Å²) in [4.78, 5) is 8.60. The van der Waals surface area contributed by atoms with Crippen molar-refractivity contribution in [2.45, 2.75) is 26.2 Å². The van der Waals surface area contributed by atoms with Gasteiger partial charge in [0.05, 0.1) is 5.75 Å². The molecule has 0 aliphatic carbocycles. The Hall–Kier alpha value is -1.01. The smallest absolute Gasteiger partial charge is 0.213 e. The van der Waals surface area contributed by atoms with Crippen LogP contribution in [0.2, 0.25) is 0 Å². The fourth-order valence-electron chi connectivity index (χ4n) is 2.04. The molecule has 0 unspecified atom stereocenters.